The van der Waals surface area contributed by atoms with E-state index in [9.17, 15) is 17.6 Å². The summed E-state index contributed by atoms with van der Waals surface area (Å²) in [7, 11) is -2.77. The first-order valence-corrected chi connectivity index (χ1v) is 10.5. The fraction of sp³-hybridized carbons (Fsp3) is 0.105. The van der Waals surface area contributed by atoms with Gasteiger partial charge in [-0.15, -0.1) is 0 Å². The number of hydrogen-bond acceptors (Lipinski definition) is 4. The number of carbonyl (C=O) groups is 1. The molecule has 0 spiro atoms. The Morgan fingerprint density at radius 3 is 2.52 bits per heavy atom. The third-order valence-corrected chi connectivity index (χ3v) is 6.12. The van der Waals surface area contributed by atoms with Crippen LogP contribution in [0.1, 0.15) is 16.1 Å². The van der Waals surface area contributed by atoms with Crippen molar-refractivity contribution in [2.75, 3.05) is 11.8 Å². The van der Waals surface area contributed by atoms with Gasteiger partial charge < -0.3 is 9.32 Å². The lowest BCUT2D eigenvalue weighted by Crippen LogP contribution is -2.26. The molecule has 0 unspecified atom stereocenters. The number of furan rings is 1. The predicted octanol–water partition coefficient (Wildman–Crippen LogP) is 4.80. The third kappa shape index (κ3) is 4.72. The first-order valence-electron chi connectivity index (χ1n) is 8.23. The minimum atomic E-state index is -4.28. The Labute approximate surface area is 176 Å². The van der Waals surface area contributed by atoms with Crippen molar-refractivity contribution in [3.05, 3.63) is 82.0 Å². The molecule has 0 aliphatic carbocycles. The van der Waals surface area contributed by atoms with Gasteiger partial charge in [-0.05, 0) is 36.4 Å². The number of nitrogens with one attached hydrogen (secondary N) is 1. The van der Waals surface area contributed by atoms with Gasteiger partial charge in [0.15, 0.2) is 0 Å². The molecule has 0 saturated carbocycles. The number of nitrogens with zero attached hydrogens (tertiary/aromatic N) is 1. The van der Waals surface area contributed by atoms with Crippen molar-refractivity contribution in [1.29, 1.82) is 0 Å². The molecule has 3 aromatic rings. The van der Waals surface area contributed by atoms with E-state index in [1.165, 1.54) is 36.4 Å². The minimum Gasteiger partial charge on any atom is -0.467 e. The summed E-state index contributed by atoms with van der Waals surface area (Å²) in [5.74, 6) is -0.749. The van der Waals surface area contributed by atoms with Gasteiger partial charge in [-0.25, -0.2) is 12.8 Å². The van der Waals surface area contributed by atoms with Gasteiger partial charge in [-0.2, -0.15) is 0 Å². The number of anilines is 1. The standard InChI is InChI=1S/C19H15Cl2FN2O4S/c1-24(11-12-5-4-8-28-12)19(25)13-9-18(15(21)10-14(13)20)29(26,27)23-17-7-3-2-6-16(17)22/h2-10,23H,11H2,1H3. The summed E-state index contributed by atoms with van der Waals surface area (Å²) < 4.78 is 46.7. The predicted molar refractivity (Wildman–Crippen MR) is 108 cm³/mol. The number of carbonyl (C=O) groups excluding carboxylic acids is 1. The lowest BCUT2D eigenvalue weighted by Gasteiger charge is -2.18. The van der Waals surface area contributed by atoms with Gasteiger partial charge in [0.05, 0.1) is 34.1 Å². The summed E-state index contributed by atoms with van der Waals surface area (Å²) in [6.45, 7) is 0.153. The van der Waals surface area contributed by atoms with E-state index in [1.54, 1.807) is 12.1 Å². The van der Waals surface area contributed by atoms with Gasteiger partial charge in [0.1, 0.15) is 16.5 Å². The van der Waals surface area contributed by atoms with Crippen molar-refractivity contribution in [3.8, 4) is 0 Å². The zero-order valence-corrected chi connectivity index (χ0v) is 17.4. The first kappa shape index (κ1) is 21.2. The van der Waals surface area contributed by atoms with Crippen LogP contribution in [0, 0.1) is 5.82 Å². The Bertz CT molecular complexity index is 1150. The monoisotopic (exact) mass is 456 g/mol. The highest BCUT2D eigenvalue weighted by Crippen LogP contribution is 2.31. The molecule has 0 aliphatic heterocycles. The van der Waals surface area contributed by atoms with Crippen LogP contribution in [0.15, 0.2) is 64.1 Å². The van der Waals surface area contributed by atoms with Crippen molar-refractivity contribution in [3.63, 3.8) is 0 Å². The lowest BCUT2D eigenvalue weighted by molar-refractivity contribution is 0.0775. The van der Waals surface area contributed by atoms with E-state index >= 15 is 0 Å². The van der Waals surface area contributed by atoms with Crippen molar-refractivity contribution < 1.29 is 22.0 Å². The van der Waals surface area contributed by atoms with E-state index in [0.29, 0.717) is 5.76 Å². The van der Waals surface area contributed by atoms with Gasteiger partial charge in [0.25, 0.3) is 15.9 Å². The molecule has 0 saturated heterocycles. The van der Waals surface area contributed by atoms with E-state index in [2.05, 4.69) is 4.72 Å². The molecule has 1 aromatic heterocycles. The van der Waals surface area contributed by atoms with E-state index in [4.69, 9.17) is 27.6 Å². The molecule has 152 valence electrons. The summed E-state index contributed by atoms with van der Waals surface area (Å²) in [5, 5.41) is -0.222. The minimum absolute atomic E-state index is 0.0175. The molecule has 10 heteroatoms. The maximum Gasteiger partial charge on any atom is 0.263 e. The SMILES string of the molecule is CN(Cc1ccco1)C(=O)c1cc(S(=O)(=O)Nc2ccccc2F)c(Cl)cc1Cl. The van der Waals surface area contributed by atoms with Crippen LogP contribution >= 0.6 is 23.2 Å². The molecule has 6 nitrogen and oxygen atoms in total. The smallest absolute Gasteiger partial charge is 0.263 e. The molecule has 2 aromatic carbocycles. The zero-order valence-electron chi connectivity index (χ0n) is 15.0. The van der Waals surface area contributed by atoms with Crippen molar-refractivity contribution in [2.24, 2.45) is 0 Å². The van der Waals surface area contributed by atoms with Crippen LogP contribution in [0.25, 0.3) is 0 Å². The second-order valence-corrected chi connectivity index (χ2v) is 8.55. The lowest BCUT2D eigenvalue weighted by atomic mass is 10.2. The maximum absolute atomic E-state index is 13.8. The number of rotatable bonds is 6. The highest BCUT2D eigenvalue weighted by molar-refractivity contribution is 7.92. The third-order valence-electron chi connectivity index (χ3n) is 3.98. The second kappa shape index (κ2) is 8.44. The van der Waals surface area contributed by atoms with Crippen molar-refractivity contribution in [1.82, 2.24) is 4.90 Å². The van der Waals surface area contributed by atoms with Crippen molar-refractivity contribution >= 4 is 44.8 Å². The molecule has 0 bridgehead atoms. The van der Waals surface area contributed by atoms with Gasteiger partial charge in [-0.1, -0.05) is 35.3 Å². The summed E-state index contributed by atoms with van der Waals surface area (Å²) >= 11 is 12.2. The summed E-state index contributed by atoms with van der Waals surface area (Å²) in [6.07, 6.45) is 1.47. The first-order chi connectivity index (χ1) is 13.7. The van der Waals surface area contributed by atoms with Crippen LogP contribution in [0.2, 0.25) is 10.0 Å². The molecule has 1 N–H and O–H groups in total. The molecule has 0 fully saturated rings. The fourth-order valence-electron chi connectivity index (χ4n) is 2.56. The number of benzene rings is 2. The fourth-order valence-corrected chi connectivity index (χ4v) is 4.48. The Balaban J connectivity index is 1.94. The average Bonchev–Trinajstić information content (AvgIpc) is 3.15. The topological polar surface area (TPSA) is 79.6 Å². The van der Waals surface area contributed by atoms with Crippen LogP contribution in [-0.2, 0) is 16.6 Å². The molecular weight excluding hydrogens is 442 g/mol. The van der Waals surface area contributed by atoms with E-state index < -0.39 is 26.6 Å². The number of para-hydroxylation sites is 1. The van der Waals surface area contributed by atoms with Gasteiger partial charge in [0, 0.05) is 7.05 Å². The number of hydrogen-bond donors (Lipinski definition) is 1. The number of sulfonamides is 1. The molecule has 1 amide bonds. The van der Waals surface area contributed by atoms with Crippen LogP contribution in [-0.4, -0.2) is 26.3 Å². The summed E-state index contributed by atoms with van der Waals surface area (Å²) in [6, 6.07) is 10.9. The Morgan fingerprint density at radius 2 is 1.86 bits per heavy atom. The Kier molecular flexibility index (Phi) is 6.16. The largest absolute Gasteiger partial charge is 0.467 e. The van der Waals surface area contributed by atoms with Crippen molar-refractivity contribution in [2.45, 2.75) is 11.4 Å². The number of halogens is 3. The Hall–Kier alpha value is -2.55. The van der Waals surface area contributed by atoms with Gasteiger partial charge in [-0.3, -0.25) is 9.52 Å². The average molecular weight is 457 g/mol. The molecule has 29 heavy (non-hydrogen) atoms. The van der Waals surface area contributed by atoms with Crippen LogP contribution in [0.4, 0.5) is 10.1 Å². The highest BCUT2D eigenvalue weighted by atomic mass is 35.5. The molecule has 1 heterocycles. The molecule has 3 rings (SSSR count). The molecule has 0 aliphatic rings. The second-order valence-electron chi connectivity index (χ2n) is 6.09. The molecule has 0 radical (unpaired) electrons. The van der Waals surface area contributed by atoms with E-state index in [0.717, 1.165) is 18.2 Å². The maximum atomic E-state index is 13.8. The van der Waals surface area contributed by atoms with E-state index in [-0.39, 0.29) is 27.8 Å². The van der Waals surface area contributed by atoms with Crippen LogP contribution in [0.5, 0.6) is 0 Å². The van der Waals surface area contributed by atoms with Gasteiger partial charge >= 0.3 is 0 Å². The van der Waals surface area contributed by atoms with Crippen LogP contribution < -0.4 is 4.72 Å². The van der Waals surface area contributed by atoms with Gasteiger partial charge in [0.2, 0.25) is 0 Å². The highest BCUT2D eigenvalue weighted by Gasteiger charge is 2.25. The summed E-state index contributed by atoms with van der Waals surface area (Å²) in [4.78, 5) is 13.7. The number of amides is 1. The Morgan fingerprint density at radius 1 is 1.14 bits per heavy atom. The normalized spacial score (nSPS) is 11.3. The molecule has 0 atom stereocenters. The molecular formula is C19H15Cl2FN2O4S. The quantitative estimate of drug-likeness (QED) is 0.577. The van der Waals surface area contributed by atoms with Crippen LogP contribution in [0.3, 0.4) is 0 Å². The summed E-state index contributed by atoms with van der Waals surface area (Å²) in [5.41, 5.74) is -0.319. The zero-order chi connectivity index (χ0) is 21.2. The van der Waals surface area contributed by atoms with E-state index in [1.807, 2.05) is 0 Å².